The first-order chi connectivity index (χ1) is 15.9. The molecule has 0 aliphatic carbocycles. The van der Waals surface area contributed by atoms with Gasteiger partial charge in [-0.2, -0.15) is 0 Å². The first-order valence-electron chi connectivity index (χ1n) is 10.5. The topological polar surface area (TPSA) is 50.7 Å². The normalized spacial score (nSPS) is 15.8. The van der Waals surface area contributed by atoms with Crippen molar-refractivity contribution < 1.29 is 9.53 Å². The molecule has 0 saturated carbocycles. The standard InChI is InChI=1S/C26H22BrClN2O2S/c1-3-17-8-10-20(11-9-17)29-26-30-25(31)23(33-26)14-19-12-21(27)24(22(28)13-19)32-15-18-6-4-16(2)5-7-18/h4-14H,3,15H2,1-2H3,(H,29,30,31)/b23-14-. The van der Waals surface area contributed by atoms with E-state index in [1.54, 1.807) is 12.1 Å². The molecule has 0 aromatic heterocycles. The second-order valence-corrected chi connectivity index (χ2v) is 9.88. The Balaban J connectivity index is 1.48. The van der Waals surface area contributed by atoms with Crippen LogP contribution in [-0.4, -0.2) is 11.1 Å². The molecule has 0 spiro atoms. The predicted molar refractivity (Wildman–Crippen MR) is 141 cm³/mol. The average molecular weight is 542 g/mol. The lowest BCUT2D eigenvalue weighted by Gasteiger charge is -2.11. The summed E-state index contributed by atoms with van der Waals surface area (Å²) in [6, 6.07) is 19.8. The fraction of sp³-hybridized carbons (Fsp3) is 0.154. The third-order valence-electron chi connectivity index (χ3n) is 5.05. The van der Waals surface area contributed by atoms with Crippen LogP contribution in [0.2, 0.25) is 5.02 Å². The first-order valence-corrected chi connectivity index (χ1v) is 12.5. The van der Waals surface area contributed by atoms with Crippen molar-refractivity contribution in [1.82, 2.24) is 5.32 Å². The molecule has 7 heteroatoms. The molecule has 4 nitrogen and oxygen atoms in total. The highest BCUT2D eigenvalue weighted by Gasteiger charge is 2.24. The molecule has 1 fully saturated rings. The summed E-state index contributed by atoms with van der Waals surface area (Å²) in [5, 5.41) is 3.84. The molecule has 3 aromatic carbocycles. The third-order valence-corrected chi connectivity index (χ3v) is 6.83. The molecule has 0 radical (unpaired) electrons. The van der Waals surface area contributed by atoms with E-state index in [-0.39, 0.29) is 5.91 Å². The Hall–Kier alpha value is -2.54. The minimum atomic E-state index is -0.184. The molecule has 4 rings (SSSR count). The molecular weight excluding hydrogens is 520 g/mol. The molecule has 1 saturated heterocycles. The van der Waals surface area contributed by atoms with Gasteiger partial charge in [-0.1, -0.05) is 60.5 Å². The van der Waals surface area contributed by atoms with Gasteiger partial charge in [-0.3, -0.25) is 4.79 Å². The highest BCUT2D eigenvalue weighted by Crippen LogP contribution is 2.37. The molecule has 0 bridgehead atoms. The summed E-state index contributed by atoms with van der Waals surface area (Å²) in [7, 11) is 0. The van der Waals surface area contributed by atoms with Gasteiger partial charge in [0.1, 0.15) is 6.61 Å². The molecule has 1 aliphatic rings. The number of carbonyl (C=O) groups is 1. The van der Waals surface area contributed by atoms with Crippen LogP contribution in [0, 0.1) is 6.92 Å². The zero-order valence-corrected chi connectivity index (χ0v) is 21.4. The van der Waals surface area contributed by atoms with Gasteiger partial charge in [0.15, 0.2) is 10.9 Å². The number of ether oxygens (including phenoxy) is 1. The zero-order valence-electron chi connectivity index (χ0n) is 18.2. The number of amidine groups is 1. The Bertz CT molecular complexity index is 1220. The summed E-state index contributed by atoms with van der Waals surface area (Å²) in [5.74, 6) is 0.386. The van der Waals surface area contributed by atoms with Crippen LogP contribution < -0.4 is 10.1 Å². The third kappa shape index (κ3) is 6.08. The average Bonchev–Trinajstić information content (AvgIpc) is 3.13. The molecule has 0 unspecified atom stereocenters. The van der Waals surface area contributed by atoms with Gasteiger partial charge in [0, 0.05) is 0 Å². The molecular formula is C26H22BrClN2O2S. The maximum atomic E-state index is 12.4. The Morgan fingerprint density at radius 1 is 1.09 bits per heavy atom. The van der Waals surface area contributed by atoms with Crippen molar-refractivity contribution in [1.29, 1.82) is 0 Å². The highest BCUT2D eigenvalue weighted by molar-refractivity contribution is 9.10. The second-order valence-electron chi connectivity index (χ2n) is 7.59. The van der Waals surface area contributed by atoms with Gasteiger partial charge < -0.3 is 10.1 Å². The number of aryl methyl sites for hydroxylation is 2. The van der Waals surface area contributed by atoms with Crippen molar-refractivity contribution in [2.24, 2.45) is 4.99 Å². The number of amides is 1. The van der Waals surface area contributed by atoms with Gasteiger partial charge in [-0.15, -0.1) is 0 Å². The van der Waals surface area contributed by atoms with Crippen molar-refractivity contribution in [3.05, 3.63) is 97.3 Å². The van der Waals surface area contributed by atoms with Crippen molar-refractivity contribution in [3.63, 3.8) is 0 Å². The van der Waals surface area contributed by atoms with Crippen molar-refractivity contribution in [3.8, 4) is 5.75 Å². The van der Waals surface area contributed by atoms with E-state index in [4.69, 9.17) is 16.3 Å². The number of halogens is 2. The Morgan fingerprint density at radius 3 is 2.45 bits per heavy atom. The minimum absolute atomic E-state index is 0.184. The quantitative estimate of drug-likeness (QED) is 0.330. The summed E-state index contributed by atoms with van der Waals surface area (Å²) in [4.78, 5) is 17.5. The van der Waals surface area contributed by atoms with Crippen LogP contribution in [0.3, 0.4) is 0 Å². The molecule has 1 amide bonds. The van der Waals surface area contributed by atoms with E-state index in [9.17, 15) is 4.79 Å². The lowest BCUT2D eigenvalue weighted by molar-refractivity contribution is -0.115. The van der Waals surface area contributed by atoms with Crippen molar-refractivity contribution in [2.45, 2.75) is 26.9 Å². The fourth-order valence-electron chi connectivity index (χ4n) is 3.20. The van der Waals surface area contributed by atoms with Crippen molar-refractivity contribution >= 4 is 62.1 Å². The van der Waals surface area contributed by atoms with E-state index in [0.717, 1.165) is 27.7 Å². The molecule has 33 heavy (non-hydrogen) atoms. The molecule has 1 aliphatic heterocycles. The number of hydrogen-bond acceptors (Lipinski definition) is 4. The lowest BCUT2D eigenvalue weighted by Crippen LogP contribution is -2.19. The largest absolute Gasteiger partial charge is 0.486 e. The summed E-state index contributed by atoms with van der Waals surface area (Å²) < 4.78 is 6.66. The number of rotatable bonds is 6. The maximum absolute atomic E-state index is 12.4. The van der Waals surface area contributed by atoms with E-state index in [2.05, 4.69) is 33.2 Å². The smallest absolute Gasteiger partial charge is 0.264 e. The second kappa shape index (κ2) is 10.6. The van der Waals surface area contributed by atoms with Crippen LogP contribution in [0.1, 0.15) is 29.2 Å². The fourth-order valence-corrected chi connectivity index (χ4v) is 5.03. The molecule has 1 heterocycles. The van der Waals surface area contributed by atoms with Crippen LogP contribution >= 0.6 is 39.3 Å². The van der Waals surface area contributed by atoms with Crippen LogP contribution in [0.25, 0.3) is 6.08 Å². The van der Waals surface area contributed by atoms with Crippen LogP contribution in [-0.2, 0) is 17.8 Å². The van der Waals surface area contributed by atoms with E-state index in [0.29, 0.717) is 27.5 Å². The Labute approximate surface area is 211 Å². The van der Waals surface area contributed by atoms with Crippen LogP contribution in [0.4, 0.5) is 5.69 Å². The Kier molecular flexibility index (Phi) is 7.58. The molecule has 0 atom stereocenters. The summed E-state index contributed by atoms with van der Waals surface area (Å²) >= 11 is 11.3. The lowest BCUT2D eigenvalue weighted by atomic mass is 10.1. The predicted octanol–water partition coefficient (Wildman–Crippen LogP) is 7.44. The minimum Gasteiger partial charge on any atom is -0.486 e. The molecule has 168 valence electrons. The van der Waals surface area contributed by atoms with Gasteiger partial charge in [0.05, 0.1) is 20.1 Å². The van der Waals surface area contributed by atoms with E-state index < -0.39 is 0 Å². The first kappa shape index (κ1) is 23.6. The van der Waals surface area contributed by atoms with E-state index >= 15 is 0 Å². The monoisotopic (exact) mass is 540 g/mol. The van der Waals surface area contributed by atoms with Gasteiger partial charge in [-0.25, -0.2) is 4.99 Å². The number of nitrogens with zero attached hydrogens (tertiary/aromatic N) is 1. The number of carbonyl (C=O) groups excluding carboxylic acids is 1. The number of hydrogen-bond donors (Lipinski definition) is 1. The maximum Gasteiger partial charge on any atom is 0.264 e. The van der Waals surface area contributed by atoms with Gasteiger partial charge in [-0.05, 0) is 88.1 Å². The number of benzene rings is 3. The van der Waals surface area contributed by atoms with Gasteiger partial charge in [0.2, 0.25) is 0 Å². The highest BCUT2D eigenvalue weighted by atomic mass is 79.9. The zero-order chi connectivity index (χ0) is 23.4. The summed E-state index contributed by atoms with van der Waals surface area (Å²) in [5.41, 5.74) is 5.10. The summed E-state index contributed by atoms with van der Waals surface area (Å²) in [6.45, 7) is 4.57. The van der Waals surface area contributed by atoms with Gasteiger partial charge >= 0.3 is 0 Å². The van der Waals surface area contributed by atoms with E-state index in [1.165, 1.54) is 22.9 Å². The van der Waals surface area contributed by atoms with E-state index in [1.807, 2.05) is 61.5 Å². The number of nitrogens with one attached hydrogen (secondary N) is 1. The summed E-state index contributed by atoms with van der Waals surface area (Å²) in [6.07, 6.45) is 2.77. The number of thioether (sulfide) groups is 1. The van der Waals surface area contributed by atoms with Gasteiger partial charge in [0.25, 0.3) is 5.91 Å². The molecule has 3 aromatic rings. The molecule has 1 N–H and O–H groups in total. The Morgan fingerprint density at radius 2 is 1.79 bits per heavy atom. The van der Waals surface area contributed by atoms with Crippen LogP contribution in [0.5, 0.6) is 5.75 Å². The number of aliphatic imine (C=N–C) groups is 1. The SMILES string of the molecule is CCc1ccc(N=C2NC(=O)/C(=C/c3cc(Cl)c(OCc4ccc(C)cc4)c(Br)c3)S2)cc1. The van der Waals surface area contributed by atoms with Crippen LogP contribution in [0.15, 0.2) is 75.0 Å². The van der Waals surface area contributed by atoms with Crippen molar-refractivity contribution in [2.75, 3.05) is 0 Å².